The van der Waals surface area contributed by atoms with E-state index in [1.54, 1.807) is 13.8 Å². The second kappa shape index (κ2) is 11.4. The van der Waals surface area contributed by atoms with Crippen molar-refractivity contribution in [1.29, 1.82) is 0 Å². The summed E-state index contributed by atoms with van der Waals surface area (Å²) in [4.78, 5) is 51.7. The lowest BCUT2D eigenvalue weighted by Gasteiger charge is -2.26. The van der Waals surface area contributed by atoms with Crippen molar-refractivity contribution in [1.82, 2.24) is 20.9 Å². The van der Waals surface area contributed by atoms with Crippen LogP contribution in [0.25, 0.3) is 0 Å². The number of hydrogen-bond donors (Lipinski definition) is 3. The van der Waals surface area contributed by atoms with E-state index in [0.29, 0.717) is 39.3 Å². The van der Waals surface area contributed by atoms with Gasteiger partial charge in [0.15, 0.2) is 5.78 Å². The zero-order valence-electron chi connectivity index (χ0n) is 19.1. The van der Waals surface area contributed by atoms with Crippen molar-refractivity contribution >= 4 is 23.5 Å². The highest BCUT2D eigenvalue weighted by Crippen LogP contribution is 2.29. The zero-order chi connectivity index (χ0) is 23.8. The van der Waals surface area contributed by atoms with Crippen LogP contribution in [0, 0.1) is 0 Å². The van der Waals surface area contributed by atoms with E-state index in [1.807, 2.05) is 35.2 Å². The first-order valence-electron chi connectivity index (χ1n) is 11.2. The minimum absolute atomic E-state index is 0.186. The molecular weight excluding hydrogens is 428 g/mol. The van der Waals surface area contributed by atoms with Crippen LogP contribution in [-0.4, -0.2) is 92.1 Å². The van der Waals surface area contributed by atoms with Gasteiger partial charge in [0.25, 0.3) is 0 Å². The maximum atomic E-state index is 12.8. The predicted molar refractivity (Wildman–Crippen MR) is 119 cm³/mol. The molecule has 3 amide bonds. The van der Waals surface area contributed by atoms with Gasteiger partial charge in [-0.25, -0.2) is 0 Å². The fourth-order valence-electron chi connectivity index (χ4n) is 3.56. The number of carbonyl (C=O) groups is 4. The van der Waals surface area contributed by atoms with E-state index < -0.39 is 29.5 Å². The summed E-state index contributed by atoms with van der Waals surface area (Å²) >= 11 is 0. The van der Waals surface area contributed by atoms with Gasteiger partial charge in [0.05, 0.1) is 39.0 Å². The van der Waals surface area contributed by atoms with Crippen molar-refractivity contribution < 1.29 is 28.7 Å². The number of epoxide rings is 1. The number of benzene rings is 1. The predicted octanol–water partition coefficient (Wildman–Crippen LogP) is -0.975. The van der Waals surface area contributed by atoms with E-state index in [4.69, 9.17) is 9.47 Å². The maximum Gasteiger partial charge on any atom is 0.242 e. The third-order valence-corrected chi connectivity index (χ3v) is 5.70. The Bertz CT molecular complexity index is 852. The molecule has 0 spiro atoms. The molecule has 0 aliphatic carbocycles. The largest absolute Gasteiger partial charge is 0.379 e. The van der Waals surface area contributed by atoms with Gasteiger partial charge in [0.2, 0.25) is 17.7 Å². The lowest BCUT2D eigenvalue weighted by atomic mass is 9.95. The minimum Gasteiger partial charge on any atom is -0.379 e. The van der Waals surface area contributed by atoms with Crippen LogP contribution in [0.5, 0.6) is 0 Å². The molecule has 2 aliphatic heterocycles. The minimum atomic E-state index is -0.880. The molecule has 0 unspecified atom stereocenters. The molecule has 3 N–H and O–H groups in total. The molecule has 2 saturated heterocycles. The third-order valence-electron chi connectivity index (χ3n) is 5.70. The molecule has 3 rings (SSSR count). The van der Waals surface area contributed by atoms with Crippen LogP contribution in [0.2, 0.25) is 0 Å². The van der Waals surface area contributed by atoms with E-state index in [-0.39, 0.29) is 24.8 Å². The average molecular weight is 461 g/mol. The smallest absolute Gasteiger partial charge is 0.242 e. The Balaban J connectivity index is 1.45. The summed E-state index contributed by atoms with van der Waals surface area (Å²) in [5.41, 5.74) is 0.0240. The van der Waals surface area contributed by atoms with Crippen molar-refractivity contribution in [2.45, 2.75) is 38.0 Å². The number of rotatable bonds is 11. The van der Waals surface area contributed by atoms with Gasteiger partial charge < -0.3 is 25.4 Å². The van der Waals surface area contributed by atoms with Gasteiger partial charge in [-0.15, -0.1) is 0 Å². The summed E-state index contributed by atoms with van der Waals surface area (Å²) in [5, 5.41) is 7.86. The second-order valence-electron chi connectivity index (χ2n) is 8.59. The van der Waals surface area contributed by atoms with Crippen molar-refractivity contribution in [3.05, 3.63) is 35.9 Å². The fraction of sp³-hybridized carbons (Fsp3) is 0.565. The van der Waals surface area contributed by atoms with Crippen molar-refractivity contribution in [3.8, 4) is 0 Å². The van der Waals surface area contributed by atoms with Crippen molar-refractivity contribution in [3.63, 3.8) is 0 Å². The Morgan fingerprint density at radius 1 is 1.06 bits per heavy atom. The number of amides is 3. The van der Waals surface area contributed by atoms with Crippen LogP contribution in [0.4, 0.5) is 0 Å². The monoisotopic (exact) mass is 460 g/mol. The summed E-state index contributed by atoms with van der Waals surface area (Å²) in [6.07, 6.45) is 0.326. The van der Waals surface area contributed by atoms with Gasteiger partial charge in [-0.3, -0.25) is 24.1 Å². The van der Waals surface area contributed by atoms with Crippen LogP contribution < -0.4 is 16.0 Å². The number of nitrogens with zero attached hydrogens (tertiary/aromatic N) is 1. The zero-order valence-corrected chi connectivity index (χ0v) is 19.1. The number of ketones is 1. The Labute approximate surface area is 193 Å². The number of Topliss-reactive ketones (excluding diaryl/α,β-unsaturated/α-hetero) is 1. The molecule has 2 aliphatic rings. The van der Waals surface area contributed by atoms with Gasteiger partial charge >= 0.3 is 0 Å². The molecule has 0 bridgehead atoms. The normalized spacial score (nSPS) is 22.0. The standard InChI is InChI=1S/C23H32N4O6/c1-16(25-20(29)14-27-8-10-32-11-9-27)22(31)24-13-19(28)26-18(21(30)23(2)15-33-23)12-17-6-4-3-5-7-17/h3-7,16,18H,8-15H2,1-2H3,(H,24,31)(H,25,29)(H,26,28)/t16-,18-,23+/m0/s1. The van der Waals surface area contributed by atoms with Gasteiger partial charge in [0.1, 0.15) is 11.6 Å². The summed E-state index contributed by atoms with van der Waals surface area (Å²) in [7, 11) is 0. The van der Waals surface area contributed by atoms with Crippen LogP contribution in [0.15, 0.2) is 30.3 Å². The van der Waals surface area contributed by atoms with E-state index in [1.165, 1.54) is 0 Å². The highest BCUT2D eigenvalue weighted by molar-refractivity contribution is 5.97. The second-order valence-corrected chi connectivity index (χ2v) is 8.59. The molecular formula is C23H32N4O6. The molecule has 0 saturated carbocycles. The summed E-state index contributed by atoms with van der Waals surface area (Å²) in [6.45, 7) is 5.95. The van der Waals surface area contributed by atoms with Crippen LogP contribution in [0.3, 0.4) is 0 Å². The fourth-order valence-corrected chi connectivity index (χ4v) is 3.56. The molecule has 0 aromatic heterocycles. The van der Waals surface area contributed by atoms with Crippen molar-refractivity contribution in [2.75, 3.05) is 46.0 Å². The quantitative estimate of drug-likeness (QED) is 0.362. The van der Waals surface area contributed by atoms with Gasteiger partial charge in [0, 0.05) is 13.1 Å². The van der Waals surface area contributed by atoms with Gasteiger partial charge in [-0.2, -0.15) is 0 Å². The molecule has 1 aromatic rings. The summed E-state index contributed by atoms with van der Waals surface area (Å²) in [5.74, 6) is -1.44. The Morgan fingerprint density at radius 3 is 2.36 bits per heavy atom. The van der Waals surface area contributed by atoms with Crippen LogP contribution in [-0.2, 0) is 35.1 Å². The molecule has 10 heteroatoms. The summed E-state index contributed by atoms with van der Waals surface area (Å²) in [6, 6.07) is 7.80. The molecule has 0 radical (unpaired) electrons. The molecule has 3 atom stereocenters. The van der Waals surface area contributed by atoms with Gasteiger partial charge in [-0.1, -0.05) is 30.3 Å². The SMILES string of the molecule is C[C@H](NC(=O)CN1CCOCC1)C(=O)NCC(=O)N[C@@H](Cc1ccccc1)C(=O)[C@@]1(C)CO1. The number of carbonyl (C=O) groups excluding carboxylic acids is 4. The Hall–Kier alpha value is -2.82. The average Bonchev–Trinajstić information content (AvgIpc) is 3.56. The topological polar surface area (TPSA) is 129 Å². The first-order chi connectivity index (χ1) is 15.8. The number of ether oxygens (including phenoxy) is 2. The summed E-state index contributed by atoms with van der Waals surface area (Å²) < 4.78 is 10.5. The lowest BCUT2D eigenvalue weighted by Crippen LogP contribution is -2.53. The van der Waals surface area contributed by atoms with Crippen LogP contribution >= 0.6 is 0 Å². The van der Waals surface area contributed by atoms with Crippen molar-refractivity contribution in [2.24, 2.45) is 0 Å². The number of morpholine rings is 1. The maximum absolute atomic E-state index is 12.8. The molecule has 33 heavy (non-hydrogen) atoms. The van der Waals surface area contributed by atoms with E-state index in [0.717, 1.165) is 5.56 Å². The molecule has 180 valence electrons. The Kier molecular flexibility index (Phi) is 8.54. The van der Waals surface area contributed by atoms with E-state index >= 15 is 0 Å². The molecule has 10 nitrogen and oxygen atoms in total. The van der Waals surface area contributed by atoms with E-state index in [2.05, 4.69) is 16.0 Å². The first kappa shape index (κ1) is 24.8. The third kappa shape index (κ3) is 7.62. The lowest BCUT2D eigenvalue weighted by molar-refractivity contribution is -0.132. The number of nitrogens with one attached hydrogen (secondary N) is 3. The highest BCUT2D eigenvalue weighted by atomic mass is 16.6. The molecule has 2 fully saturated rings. The van der Waals surface area contributed by atoms with Crippen LogP contribution in [0.1, 0.15) is 19.4 Å². The van der Waals surface area contributed by atoms with Gasteiger partial charge in [-0.05, 0) is 25.8 Å². The molecule has 1 aromatic carbocycles. The number of hydrogen-bond acceptors (Lipinski definition) is 7. The molecule has 2 heterocycles. The highest BCUT2D eigenvalue weighted by Gasteiger charge is 2.50. The first-order valence-corrected chi connectivity index (χ1v) is 11.2. The Morgan fingerprint density at radius 2 is 1.73 bits per heavy atom. The van der Waals surface area contributed by atoms with E-state index in [9.17, 15) is 19.2 Å².